The van der Waals surface area contributed by atoms with Crippen LogP contribution in [0.3, 0.4) is 0 Å². The molecule has 0 spiro atoms. The number of pyridine rings is 2. The van der Waals surface area contributed by atoms with Gasteiger partial charge in [-0.2, -0.15) is 0 Å². The van der Waals surface area contributed by atoms with E-state index >= 15 is 0 Å². The Morgan fingerprint density at radius 1 is 0.750 bits per heavy atom. The minimum Gasteiger partial charge on any atom is -0.506 e. The van der Waals surface area contributed by atoms with Gasteiger partial charge in [0.2, 0.25) is 0 Å². The first-order chi connectivity index (χ1) is 7.58. The van der Waals surface area contributed by atoms with Gasteiger partial charge >= 0.3 is 0 Å². The summed E-state index contributed by atoms with van der Waals surface area (Å²) in [7, 11) is 0. The third kappa shape index (κ3) is 5.09. The molecule has 0 bridgehead atoms. The molecule has 0 saturated heterocycles. The third-order valence-corrected chi connectivity index (χ3v) is 2.25. The van der Waals surface area contributed by atoms with Gasteiger partial charge in [-0.3, -0.25) is 9.97 Å². The van der Waals surface area contributed by atoms with Gasteiger partial charge in [-0.05, 0) is 44.0 Å². The summed E-state index contributed by atoms with van der Waals surface area (Å²) in [6.07, 6.45) is 5.98. The summed E-state index contributed by atoms with van der Waals surface area (Å²) in [5.41, 5.74) is 0. The summed E-state index contributed by atoms with van der Waals surface area (Å²) in [6.45, 7) is 0. The van der Waals surface area contributed by atoms with Gasteiger partial charge in [-0.1, -0.05) is 0 Å². The van der Waals surface area contributed by atoms with Crippen molar-refractivity contribution in [3.8, 4) is 11.5 Å². The Hall–Kier alpha value is -1.14. The number of nitrogens with zero attached hydrogens (tertiary/aromatic N) is 2. The van der Waals surface area contributed by atoms with Crippen molar-refractivity contribution < 1.29 is 10.2 Å². The van der Waals surface area contributed by atoms with Gasteiger partial charge < -0.3 is 10.2 Å². The molecule has 0 aliphatic rings. The fourth-order valence-electron chi connectivity index (χ4n) is 0.801. The Balaban J connectivity index is 0.000000160. The van der Waals surface area contributed by atoms with Crippen LogP contribution in [-0.4, -0.2) is 20.2 Å². The van der Waals surface area contributed by atoms with Gasteiger partial charge in [0, 0.05) is 21.3 Å². The van der Waals surface area contributed by atoms with Crippen LogP contribution in [-0.2, 0) is 0 Å². The van der Waals surface area contributed by atoms with Crippen molar-refractivity contribution in [3.05, 3.63) is 45.9 Å². The highest BCUT2D eigenvalue weighted by Crippen LogP contribution is 2.13. The molecule has 0 amide bonds. The van der Waals surface area contributed by atoms with E-state index in [0.29, 0.717) is 0 Å². The maximum Gasteiger partial charge on any atom is 0.134 e. The average molecular weight is 348 g/mol. The zero-order valence-electron chi connectivity index (χ0n) is 8.01. The SMILES string of the molecule is Oc1cncc(Br)c1.Oc1cncc(Br)c1. The van der Waals surface area contributed by atoms with E-state index in [4.69, 9.17) is 10.2 Å². The van der Waals surface area contributed by atoms with E-state index < -0.39 is 0 Å². The van der Waals surface area contributed by atoms with E-state index in [9.17, 15) is 0 Å². The van der Waals surface area contributed by atoms with Gasteiger partial charge in [-0.15, -0.1) is 0 Å². The lowest BCUT2D eigenvalue weighted by Crippen LogP contribution is -1.68. The van der Waals surface area contributed by atoms with Crippen molar-refractivity contribution in [2.75, 3.05) is 0 Å². The molecule has 0 aliphatic carbocycles. The molecular formula is C10H8Br2N2O2. The van der Waals surface area contributed by atoms with Crippen LogP contribution in [0.5, 0.6) is 11.5 Å². The van der Waals surface area contributed by atoms with Gasteiger partial charge in [0.25, 0.3) is 0 Å². The smallest absolute Gasteiger partial charge is 0.134 e. The van der Waals surface area contributed by atoms with Crippen molar-refractivity contribution in [2.45, 2.75) is 0 Å². The van der Waals surface area contributed by atoms with Crippen molar-refractivity contribution in [1.29, 1.82) is 0 Å². The Morgan fingerprint density at radius 2 is 1.12 bits per heavy atom. The van der Waals surface area contributed by atoms with Crippen LogP contribution in [0.4, 0.5) is 0 Å². The maximum absolute atomic E-state index is 8.72. The minimum absolute atomic E-state index is 0.180. The number of rotatable bonds is 0. The Labute approximate surface area is 109 Å². The van der Waals surface area contributed by atoms with Crippen molar-refractivity contribution in [1.82, 2.24) is 9.97 Å². The zero-order valence-corrected chi connectivity index (χ0v) is 11.2. The monoisotopic (exact) mass is 346 g/mol. The zero-order chi connectivity index (χ0) is 12.0. The molecule has 0 saturated carbocycles. The van der Waals surface area contributed by atoms with E-state index in [2.05, 4.69) is 41.8 Å². The highest BCUT2D eigenvalue weighted by molar-refractivity contribution is 9.10. The second kappa shape index (κ2) is 6.44. The molecule has 0 atom stereocenters. The molecule has 2 rings (SSSR count). The van der Waals surface area contributed by atoms with E-state index in [1.165, 1.54) is 12.4 Å². The lowest BCUT2D eigenvalue weighted by molar-refractivity contribution is 0.471. The molecule has 2 N–H and O–H groups in total. The first-order valence-corrected chi connectivity index (χ1v) is 5.75. The summed E-state index contributed by atoms with van der Waals surface area (Å²) in [5.74, 6) is 0.360. The topological polar surface area (TPSA) is 66.2 Å². The molecule has 6 heteroatoms. The van der Waals surface area contributed by atoms with E-state index in [1.807, 2.05) is 0 Å². The van der Waals surface area contributed by atoms with Crippen molar-refractivity contribution in [3.63, 3.8) is 0 Å². The molecule has 2 aromatic rings. The number of aromatic hydroxyl groups is 2. The summed E-state index contributed by atoms with van der Waals surface area (Å²) in [6, 6.07) is 3.15. The van der Waals surface area contributed by atoms with Crippen molar-refractivity contribution >= 4 is 31.9 Å². The molecule has 2 heterocycles. The first kappa shape index (κ1) is 12.9. The molecule has 4 nitrogen and oxygen atoms in total. The largest absolute Gasteiger partial charge is 0.506 e. The highest BCUT2D eigenvalue weighted by atomic mass is 79.9. The maximum atomic E-state index is 8.72. The van der Waals surface area contributed by atoms with Crippen LogP contribution in [0.15, 0.2) is 45.9 Å². The molecule has 0 aromatic carbocycles. The predicted molar refractivity (Wildman–Crippen MR) is 67.2 cm³/mol. The lowest BCUT2D eigenvalue weighted by atomic mass is 10.5. The van der Waals surface area contributed by atoms with Crippen LogP contribution in [0.2, 0.25) is 0 Å². The molecule has 0 fully saturated rings. The minimum atomic E-state index is 0.180. The van der Waals surface area contributed by atoms with Gasteiger partial charge in [0.15, 0.2) is 0 Å². The summed E-state index contributed by atoms with van der Waals surface area (Å²) < 4.78 is 1.58. The van der Waals surface area contributed by atoms with Crippen LogP contribution < -0.4 is 0 Å². The quantitative estimate of drug-likeness (QED) is 0.768. The Bertz CT molecular complexity index is 388. The molecule has 0 radical (unpaired) electrons. The molecule has 84 valence electrons. The normalized spacial score (nSPS) is 9.12. The summed E-state index contributed by atoms with van der Waals surface area (Å²) in [4.78, 5) is 7.37. The van der Waals surface area contributed by atoms with E-state index in [-0.39, 0.29) is 11.5 Å². The van der Waals surface area contributed by atoms with Gasteiger partial charge in [0.1, 0.15) is 11.5 Å². The molecule has 0 unspecified atom stereocenters. The fourth-order valence-corrected chi connectivity index (χ4v) is 1.51. The van der Waals surface area contributed by atoms with Crippen molar-refractivity contribution in [2.24, 2.45) is 0 Å². The average Bonchev–Trinajstić information content (AvgIpc) is 2.17. The van der Waals surface area contributed by atoms with Crippen LogP contribution >= 0.6 is 31.9 Å². The fraction of sp³-hybridized carbons (Fsp3) is 0. The second-order valence-corrected chi connectivity index (χ2v) is 4.55. The third-order valence-electron chi connectivity index (χ3n) is 1.38. The van der Waals surface area contributed by atoms with Crippen LogP contribution in [0.1, 0.15) is 0 Å². The van der Waals surface area contributed by atoms with Crippen LogP contribution in [0.25, 0.3) is 0 Å². The number of halogens is 2. The number of aromatic nitrogens is 2. The second-order valence-electron chi connectivity index (χ2n) is 2.72. The number of hydrogen-bond donors (Lipinski definition) is 2. The predicted octanol–water partition coefficient (Wildman–Crippen LogP) is 3.10. The standard InChI is InChI=1S/2C5H4BrNO/c2*6-4-1-5(8)3-7-2-4/h2*1-3,8H. The summed E-state index contributed by atoms with van der Waals surface area (Å²) in [5, 5.41) is 17.4. The molecule has 0 aliphatic heterocycles. The van der Waals surface area contributed by atoms with E-state index in [0.717, 1.165) is 8.95 Å². The highest BCUT2D eigenvalue weighted by Gasteiger charge is 1.86. The Kier molecular flexibility index (Phi) is 5.21. The lowest BCUT2D eigenvalue weighted by Gasteiger charge is -1.87. The summed E-state index contributed by atoms with van der Waals surface area (Å²) >= 11 is 6.28. The van der Waals surface area contributed by atoms with Gasteiger partial charge in [0.05, 0.1) is 12.4 Å². The van der Waals surface area contributed by atoms with Crippen LogP contribution in [0, 0.1) is 0 Å². The first-order valence-electron chi connectivity index (χ1n) is 4.17. The molecule has 16 heavy (non-hydrogen) atoms. The molecular weight excluding hydrogens is 340 g/mol. The van der Waals surface area contributed by atoms with E-state index in [1.54, 1.807) is 24.5 Å². The number of hydrogen-bond acceptors (Lipinski definition) is 4. The van der Waals surface area contributed by atoms with Gasteiger partial charge in [-0.25, -0.2) is 0 Å². The molecule has 2 aromatic heterocycles. The Morgan fingerprint density at radius 3 is 1.31 bits per heavy atom.